The van der Waals surface area contributed by atoms with Crippen molar-refractivity contribution in [2.75, 3.05) is 18.4 Å². The number of piperidine rings is 1. The molecule has 2 unspecified atom stereocenters. The Morgan fingerprint density at radius 2 is 1.68 bits per heavy atom. The maximum Gasteiger partial charge on any atom is 0.411 e. The lowest BCUT2D eigenvalue weighted by Gasteiger charge is -2.34. The Hall–Kier alpha value is -3.35. The summed E-state index contributed by atoms with van der Waals surface area (Å²) in [6, 6.07) is 16.1. The summed E-state index contributed by atoms with van der Waals surface area (Å²) in [6.45, 7) is 7.56. The minimum Gasteiger partial charge on any atom is -0.438 e. The van der Waals surface area contributed by atoms with Gasteiger partial charge in [0.15, 0.2) is 12.1 Å². The Balaban J connectivity index is 1.60. The van der Waals surface area contributed by atoms with Gasteiger partial charge in [0.25, 0.3) is 0 Å². The first kappa shape index (κ1) is 23.8. The van der Waals surface area contributed by atoms with E-state index in [1.807, 2.05) is 61.2 Å². The van der Waals surface area contributed by atoms with Crippen LogP contribution in [0.5, 0.6) is 0 Å². The molecule has 2 aromatic rings. The number of hydrogen-bond donors (Lipinski definition) is 1. The Labute approximate surface area is 201 Å². The van der Waals surface area contributed by atoms with Gasteiger partial charge in [0.1, 0.15) is 0 Å². The zero-order valence-corrected chi connectivity index (χ0v) is 20.1. The average molecular weight is 464 g/mol. The highest BCUT2D eigenvalue weighted by atomic mass is 16.6. The van der Waals surface area contributed by atoms with E-state index in [4.69, 9.17) is 4.74 Å². The van der Waals surface area contributed by atoms with Crippen LogP contribution in [-0.4, -0.2) is 46.8 Å². The summed E-state index contributed by atoms with van der Waals surface area (Å²) in [7, 11) is 0. The van der Waals surface area contributed by atoms with E-state index in [-0.39, 0.29) is 17.7 Å². The van der Waals surface area contributed by atoms with Crippen molar-refractivity contribution < 1.29 is 19.1 Å². The second-order valence-corrected chi connectivity index (χ2v) is 9.64. The Morgan fingerprint density at radius 3 is 2.29 bits per heavy atom. The van der Waals surface area contributed by atoms with E-state index >= 15 is 0 Å². The predicted molar refractivity (Wildman–Crippen MR) is 130 cm³/mol. The zero-order valence-electron chi connectivity index (χ0n) is 20.1. The maximum atomic E-state index is 13.7. The first-order valence-corrected chi connectivity index (χ1v) is 12.0. The number of carbonyl (C=O) groups excluding carboxylic acids is 3. The molecule has 0 bridgehead atoms. The second kappa shape index (κ2) is 10.3. The molecule has 7 nitrogen and oxygen atoms in total. The lowest BCUT2D eigenvalue weighted by atomic mass is 9.96. The van der Waals surface area contributed by atoms with Gasteiger partial charge in [0.05, 0.1) is 6.54 Å². The third-order valence-electron chi connectivity index (χ3n) is 6.66. The zero-order chi connectivity index (χ0) is 24.2. The van der Waals surface area contributed by atoms with E-state index in [0.717, 1.165) is 24.0 Å². The molecular formula is C27H33N3O4. The molecule has 0 radical (unpaired) electrons. The molecule has 0 aliphatic carbocycles. The van der Waals surface area contributed by atoms with Gasteiger partial charge in [-0.05, 0) is 42.0 Å². The number of anilines is 1. The lowest BCUT2D eigenvalue weighted by Crippen LogP contribution is -2.50. The van der Waals surface area contributed by atoms with Crippen LogP contribution in [0.2, 0.25) is 0 Å². The Bertz CT molecular complexity index is 1010. The highest BCUT2D eigenvalue weighted by Crippen LogP contribution is 2.36. The third-order valence-corrected chi connectivity index (χ3v) is 6.66. The topological polar surface area (TPSA) is 79.0 Å². The van der Waals surface area contributed by atoms with Gasteiger partial charge in [0.2, 0.25) is 11.8 Å². The minimum absolute atomic E-state index is 0.0681. The number of cyclic esters (lactones) is 1. The van der Waals surface area contributed by atoms with E-state index in [0.29, 0.717) is 31.2 Å². The molecule has 3 amide bonds. The molecule has 0 saturated carbocycles. The number of nitrogens with one attached hydrogen (secondary N) is 1. The standard InChI is InChI=1S/C27H33N3O4/c1-18(2)25(31)28-22-11-9-21(10-12-22)24-23(26(32)29-15-13-19(3)14-16-29)30(27(33)34-24)17-20-7-5-4-6-8-20/h4-12,18-19,23-24H,13-17H2,1-3H3,(H,28,31). The number of ether oxygens (including phenoxy) is 1. The van der Waals surface area contributed by atoms with Crippen molar-refractivity contribution in [2.24, 2.45) is 11.8 Å². The molecule has 2 aliphatic heterocycles. The number of amides is 3. The molecule has 2 heterocycles. The summed E-state index contributed by atoms with van der Waals surface area (Å²) >= 11 is 0. The number of nitrogens with zero attached hydrogens (tertiary/aromatic N) is 2. The van der Waals surface area contributed by atoms with Crippen LogP contribution in [0, 0.1) is 11.8 Å². The molecule has 2 fully saturated rings. The van der Waals surface area contributed by atoms with Gasteiger partial charge in [-0.15, -0.1) is 0 Å². The van der Waals surface area contributed by atoms with Crippen molar-refractivity contribution in [1.29, 1.82) is 0 Å². The van der Waals surface area contributed by atoms with Crippen LogP contribution in [0.15, 0.2) is 54.6 Å². The van der Waals surface area contributed by atoms with E-state index < -0.39 is 18.2 Å². The van der Waals surface area contributed by atoms with Gasteiger partial charge >= 0.3 is 6.09 Å². The number of benzene rings is 2. The second-order valence-electron chi connectivity index (χ2n) is 9.64. The number of likely N-dealkylation sites (tertiary alicyclic amines) is 1. The van der Waals surface area contributed by atoms with Gasteiger partial charge in [0, 0.05) is 24.7 Å². The first-order valence-electron chi connectivity index (χ1n) is 12.0. The summed E-state index contributed by atoms with van der Waals surface area (Å²) in [6.07, 6.45) is 0.717. The van der Waals surface area contributed by atoms with E-state index in [9.17, 15) is 14.4 Å². The van der Waals surface area contributed by atoms with E-state index in [1.54, 1.807) is 17.0 Å². The van der Waals surface area contributed by atoms with Gasteiger partial charge in [-0.25, -0.2) is 4.79 Å². The van der Waals surface area contributed by atoms with Crippen LogP contribution >= 0.6 is 0 Å². The van der Waals surface area contributed by atoms with Crippen LogP contribution < -0.4 is 5.32 Å². The fraction of sp³-hybridized carbons (Fsp3) is 0.444. The average Bonchev–Trinajstić information content (AvgIpc) is 3.16. The smallest absolute Gasteiger partial charge is 0.411 e. The number of rotatable bonds is 6. The molecule has 1 N–H and O–H groups in total. The van der Waals surface area contributed by atoms with E-state index in [2.05, 4.69) is 12.2 Å². The summed E-state index contributed by atoms with van der Waals surface area (Å²) < 4.78 is 5.79. The molecule has 2 saturated heterocycles. The quantitative estimate of drug-likeness (QED) is 0.679. The molecule has 2 aromatic carbocycles. The number of carbonyl (C=O) groups is 3. The number of hydrogen-bond acceptors (Lipinski definition) is 4. The summed E-state index contributed by atoms with van der Waals surface area (Å²) in [5.74, 6) is 0.323. The lowest BCUT2D eigenvalue weighted by molar-refractivity contribution is -0.138. The minimum atomic E-state index is -0.739. The Kier molecular flexibility index (Phi) is 7.20. The SMILES string of the molecule is CC1CCN(C(=O)C2C(c3ccc(NC(=O)C(C)C)cc3)OC(=O)N2Cc2ccccc2)CC1. The van der Waals surface area contributed by atoms with Crippen LogP contribution in [0.4, 0.5) is 10.5 Å². The monoisotopic (exact) mass is 463 g/mol. The summed E-state index contributed by atoms with van der Waals surface area (Å²) in [5, 5.41) is 2.87. The molecule has 34 heavy (non-hydrogen) atoms. The Morgan fingerprint density at radius 1 is 1.03 bits per heavy atom. The van der Waals surface area contributed by atoms with Gasteiger partial charge in [-0.3, -0.25) is 14.5 Å². The van der Waals surface area contributed by atoms with Gasteiger partial charge < -0.3 is 15.0 Å². The molecule has 2 atom stereocenters. The largest absolute Gasteiger partial charge is 0.438 e. The fourth-order valence-corrected chi connectivity index (χ4v) is 4.43. The van der Waals surface area contributed by atoms with Crippen molar-refractivity contribution in [3.63, 3.8) is 0 Å². The van der Waals surface area contributed by atoms with Gasteiger partial charge in [-0.1, -0.05) is 63.2 Å². The van der Waals surface area contributed by atoms with Crippen LogP contribution in [0.3, 0.4) is 0 Å². The predicted octanol–water partition coefficient (Wildman–Crippen LogP) is 4.60. The van der Waals surface area contributed by atoms with Crippen LogP contribution in [0.25, 0.3) is 0 Å². The molecular weight excluding hydrogens is 430 g/mol. The van der Waals surface area contributed by atoms with Gasteiger partial charge in [-0.2, -0.15) is 0 Å². The highest BCUT2D eigenvalue weighted by molar-refractivity contribution is 5.92. The van der Waals surface area contributed by atoms with Crippen LogP contribution in [0.1, 0.15) is 50.8 Å². The third kappa shape index (κ3) is 5.24. The molecule has 7 heteroatoms. The van der Waals surface area contributed by atoms with Crippen LogP contribution in [-0.2, 0) is 20.9 Å². The van der Waals surface area contributed by atoms with E-state index in [1.165, 1.54) is 0 Å². The van der Waals surface area contributed by atoms with Crippen molar-refractivity contribution in [3.8, 4) is 0 Å². The van der Waals surface area contributed by atoms with Crippen molar-refractivity contribution in [2.45, 2.75) is 52.3 Å². The van der Waals surface area contributed by atoms with Crippen molar-refractivity contribution in [1.82, 2.24) is 9.80 Å². The highest BCUT2D eigenvalue weighted by Gasteiger charge is 2.48. The van der Waals surface area contributed by atoms with Crippen molar-refractivity contribution in [3.05, 3.63) is 65.7 Å². The maximum absolute atomic E-state index is 13.7. The summed E-state index contributed by atoms with van der Waals surface area (Å²) in [4.78, 5) is 42.1. The fourth-order valence-electron chi connectivity index (χ4n) is 4.43. The summed E-state index contributed by atoms with van der Waals surface area (Å²) in [5.41, 5.74) is 2.34. The molecule has 4 rings (SSSR count). The van der Waals surface area contributed by atoms with Crippen molar-refractivity contribution >= 4 is 23.6 Å². The normalized spacial score (nSPS) is 21.0. The molecule has 180 valence electrons. The molecule has 0 aromatic heterocycles. The molecule has 0 spiro atoms. The molecule has 2 aliphatic rings. The first-order chi connectivity index (χ1) is 16.3.